The first-order valence-corrected chi connectivity index (χ1v) is 8.28. The lowest BCUT2D eigenvalue weighted by Crippen LogP contribution is -2.22. The van der Waals surface area contributed by atoms with Crippen LogP contribution in [0.1, 0.15) is 25.8 Å². The SMILES string of the molecule is CC(C)C(=O)Cn1cc(F)c2ncc(C3=CC=CC(C(F)(F)F)C3)cc21. The molecule has 26 heavy (non-hydrogen) atoms. The zero-order chi connectivity index (χ0) is 19.1. The number of pyridine rings is 1. The van der Waals surface area contributed by atoms with E-state index in [1.54, 1.807) is 26.0 Å². The van der Waals surface area contributed by atoms with Gasteiger partial charge in [-0.2, -0.15) is 13.2 Å². The summed E-state index contributed by atoms with van der Waals surface area (Å²) in [6.07, 6.45) is 2.18. The highest BCUT2D eigenvalue weighted by molar-refractivity contribution is 5.85. The van der Waals surface area contributed by atoms with Crippen molar-refractivity contribution in [3.8, 4) is 0 Å². The molecule has 1 aliphatic rings. The molecular weight excluding hydrogens is 348 g/mol. The topological polar surface area (TPSA) is 34.9 Å². The number of ketones is 1. The van der Waals surface area contributed by atoms with Gasteiger partial charge in [-0.25, -0.2) is 4.39 Å². The molecule has 1 unspecified atom stereocenters. The third-order valence-electron chi connectivity index (χ3n) is 4.51. The summed E-state index contributed by atoms with van der Waals surface area (Å²) >= 11 is 0. The van der Waals surface area contributed by atoms with Crippen molar-refractivity contribution in [2.45, 2.75) is 33.0 Å². The van der Waals surface area contributed by atoms with Gasteiger partial charge in [0.25, 0.3) is 0 Å². The van der Waals surface area contributed by atoms with Crippen molar-refractivity contribution in [1.29, 1.82) is 0 Å². The largest absolute Gasteiger partial charge is 0.395 e. The number of carbonyl (C=O) groups excluding carboxylic acids is 1. The van der Waals surface area contributed by atoms with Crippen molar-refractivity contribution in [1.82, 2.24) is 9.55 Å². The fourth-order valence-electron chi connectivity index (χ4n) is 2.90. The number of nitrogens with zero attached hydrogens (tertiary/aromatic N) is 2. The summed E-state index contributed by atoms with van der Waals surface area (Å²) in [4.78, 5) is 16.1. The molecule has 2 aromatic heterocycles. The van der Waals surface area contributed by atoms with E-state index in [1.165, 1.54) is 23.0 Å². The maximum Gasteiger partial charge on any atom is 0.395 e. The van der Waals surface area contributed by atoms with Gasteiger partial charge in [0.05, 0.1) is 18.0 Å². The molecule has 0 bridgehead atoms. The van der Waals surface area contributed by atoms with Gasteiger partial charge in [0.1, 0.15) is 5.52 Å². The highest BCUT2D eigenvalue weighted by Gasteiger charge is 2.38. The molecule has 3 rings (SSSR count). The van der Waals surface area contributed by atoms with Gasteiger partial charge in [-0.1, -0.05) is 32.1 Å². The lowest BCUT2D eigenvalue weighted by Gasteiger charge is -2.21. The van der Waals surface area contributed by atoms with Gasteiger partial charge in [-0.15, -0.1) is 0 Å². The van der Waals surface area contributed by atoms with Crippen LogP contribution >= 0.6 is 0 Å². The first-order chi connectivity index (χ1) is 12.2. The van der Waals surface area contributed by atoms with Crippen LogP contribution in [0.15, 0.2) is 36.7 Å². The van der Waals surface area contributed by atoms with E-state index < -0.39 is 17.9 Å². The number of alkyl halides is 3. The minimum atomic E-state index is -4.32. The number of aromatic nitrogens is 2. The van der Waals surface area contributed by atoms with Crippen LogP contribution < -0.4 is 0 Å². The van der Waals surface area contributed by atoms with Crippen LogP contribution in [-0.4, -0.2) is 21.5 Å². The summed E-state index contributed by atoms with van der Waals surface area (Å²) in [5.74, 6) is -2.38. The van der Waals surface area contributed by atoms with Gasteiger partial charge >= 0.3 is 6.18 Å². The number of carbonyl (C=O) groups is 1. The smallest absolute Gasteiger partial charge is 0.336 e. The first-order valence-electron chi connectivity index (χ1n) is 8.28. The molecule has 0 saturated heterocycles. The lowest BCUT2D eigenvalue weighted by atomic mass is 9.90. The number of hydrogen-bond donors (Lipinski definition) is 0. The van der Waals surface area contributed by atoms with E-state index >= 15 is 0 Å². The normalized spacial score (nSPS) is 17.8. The highest BCUT2D eigenvalue weighted by Crippen LogP contribution is 2.38. The minimum absolute atomic E-state index is 0.00660. The van der Waals surface area contributed by atoms with E-state index in [2.05, 4.69) is 4.98 Å². The fourth-order valence-corrected chi connectivity index (χ4v) is 2.90. The number of allylic oxidation sites excluding steroid dienone is 4. The number of halogens is 4. The molecule has 2 aromatic rings. The fraction of sp³-hybridized carbons (Fsp3) is 0.368. The first kappa shape index (κ1) is 18.4. The molecule has 0 aromatic carbocycles. The van der Waals surface area contributed by atoms with Gasteiger partial charge in [-0.3, -0.25) is 9.78 Å². The molecule has 7 heteroatoms. The number of Topliss-reactive ketones (excluding diaryl/α,β-unsaturated/α-hetero) is 1. The van der Waals surface area contributed by atoms with Crippen molar-refractivity contribution >= 4 is 22.4 Å². The molecule has 1 atom stereocenters. The predicted molar refractivity (Wildman–Crippen MR) is 90.8 cm³/mol. The number of rotatable bonds is 4. The van der Waals surface area contributed by atoms with E-state index in [0.29, 0.717) is 16.7 Å². The van der Waals surface area contributed by atoms with Crippen LogP contribution in [0.3, 0.4) is 0 Å². The van der Waals surface area contributed by atoms with Crippen molar-refractivity contribution in [2.75, 3.05) is 0 Å². The van der Waals surface area contributed by atoms with E-state index in [4.69, 9.17) is 0 Å². The van der Waals surface area contributed by atoms with Crippen LogP contribution in [-0.2, 0) is 11.3 Å². The second-order valence-corrected chi connectivity index (χ2v) is 6.75. The second-order valence-electron chi connectivity index (χ2n) is 6.75. The van der Waals surface area contributed by atoms with Gasteiger partial charge in [0.15, 0.2) is 11.6 Å². The van der Waals surface area contributed by atoms with E-state index in [1.807, 2.05) is 0 Å². The Morgan fingerprint density at radius 1 is 1.38 bits per heavy atom. The van der Waals surface area contributed by atoms with Crippen LogP contribution in [0.2, 0.25) is 0 Å². The zero-order valence-corrected chi connectivity index (χ0v) is 14.3. The third-order valence-corrected chi connectivity index (χ3v) is 4.51. The summed E-state index contributed by atoms with van der Waals surface area (Å²) in [5.41, 5.74) is 1.47. The van der Waals surface area contributed by atoms with Gasteiger partial charge in [0.2, 0.25) is 0 Å². The Balaban J connectivity index is 1.97. The Morgan fingerprint density at radius 3 is 2.77 bits per heavy atom. The van der Waals surface area contributed by atoms with Gasteiger partial charge in [0, 0.05) is 18.3 Å². The van der Waals surface area contributed by atoms with Crippen molar-refractivity contribution < 1.29 is 22.4 Å². The van der Waals surface area contributed by atoms with Crippen LogP contribution in [0.5, 0.6) is 0 Å². The maximum atomic E-state index is 14.1. The molecule has 1 aliphatic carbocycles. The number of hydrogen-bond acceptors (Lipinski definition) is 2. The second kappa shape index (κ2) is 6.70. The molecule has 0 radical (unpaired) electrons. The maximum absolute atomic E-state index is 14.1. The Hall–Kier alpha value is -2.44. The Labute approximate surface area is 148 Å². The molecule has 0 saturated carbocycles. The monoisotopic (exact) mass is 366 g/mol. The Kier molecular flexibility index (Phi) is 4.73. The summed E-state index contributed by atoms with van der Waals surface area (Å²) in [6.45, 7) is 3.50. The average Bonchev–Trinajstić information content (AvgIpc) is 2.89. The van der Waals surface area contributed by atoms with Gasteiger partial charge < -0.3 is 4.57 Å². The molecule has 138 valence electrons. The molecule has 0 amide bonds. The summed E-state index contributed by atoms with van der Waals surface area (Å²) in [7, 11) is 0. The third kappa shape index (κ3) is 3.57. The predicted octanol–water partition coefficient (Wildman–Crippen LogP) is 4.92. The summed E-state index contributed by atoms with van der Waals surface area (Å²) in [5, 5.41) is 0. The Morgan fingerprint density at radius 2 is 2.12 bits per heavy atom. The standard InChI is InChI=1S/C19H18F4N2O/c1-11(2)17(26)10-25-9-15(20)18-16(25)7-13(8-24-18)12-4-3-5-14(6-12)19(21,22)23/h3-5,7-9,11,14H,6,10H2,1-2H3. The average molecular weight is 366 g/mol. The highest BCUT2D eigenvalue weighted by atomic mass is 19.4. The molecule has 0 N–H and O–H groups in total. The number of fused-ring (bicyclic) bond motifs is 1. The minimum Gasteiger partial charge on any atom is -0.336 e. The summed E-state index contributed by atoms with van der Waals surface area (Å²) < 4.78 is 54.5. The Bertz CT molecular complexity index is 906. The van der Waals surface area contributed by atoms with E-state index in [9.17, 15) is 22.4 Å². The lowest BCUT2D eigenvalue weighted by molar-refractivity contribution is -0.159. The quantitative estimate of drug-likeness (QED) is 0.720. The summed E-state index contributed by atoms with van der Waals surface area (Å²) in [6, 6.07) is 1.59. The zero-order valence-electron chi connectivity index (χ0n) is 14.3. The van der Waals surface area contributed by atoms with Crippen LogP contribution in [0.25, 0.3) is 16.6 Å². The van der Waals surface area contributed by atoms with Crippen molar-refractivity contribution in [3.63, 3.8) is 0 Å². The molecule has 0 aliphatic heterocycles. The molecule has 0 fully saturated rings. The van der Waals surface area contributed by atoms with Crippen LogP contribution in [0, 0.1) is 17.7 Å². The molecule has 2 heterocycles. The molecular formula is C19H18F4N2O. The van der Waals surface area contributed by atoms with E-state index in [0.717, 1.165) is 6.08 Å². The van der Waals surface area contributed by atoms with Crippen molar-refractivity contribution in [2.24, 2.45) is 11.8 Å². The van der Waals surface area contributed by atoms with Crippen LogP contribution in [0.4, 0.5) is 17.6 Å². The van der Waals surface area contributed by atoms with Crippen molar-refractivity contribution in [3.05, 3.63) is 48.1 Å². The molecule has 0 spiro atoms. The van der Waals surface area contributed by atoms with E-state index in [-0.39, 0.29) is 30.2 Å². The van der Waals surface area contributed by atoms with Gasteiger partial charge in [-0.05, 0) is 23.6 Å². The molecule has 3 nitrogen and oxygen atoms in total.